The number of morpholine rings is 1. The summed E-state index contributed by atoms with van der Waals surface area (Å²) in [6.07, 6.45) is 3.66. The van der Waals surface area contributed by atoms with Crippen molar-refractivity contribution in [3.8, 4) is 6.07 Å². The third kappa shape index (κ3) is 2.83. The van der Waals surface area contributed by atoms with Gasteiger partial charge in [-0.1, -0.05) is 18.0 Å². The first-order chi connectivity index (χ1) is 10.6. The van der Waals surface area contributed by atoms with E-state index in [0.717, 1.165) is 25.7 Å². The Labute approximate surface area is 129 Å². The summed E-state index contributed by atoms with van der Waals surface area (Å²) in [5, 5.41) is 13.3. The summed E-state index contributed by atoms with van der Waals surface area (Å²) in [5.74, 6) is 0.700. The average molecular weight is 304 g/mol. The summed E-state index contributed by atoms with van der Waals surface area (Å²) in [7, 11) is 0. The molecule has 2 fully saturated rings. The molecule has 1 aliphatic heterocycles. The van der Waals surface area contributed by atoms with Crippen LogP contribution in [0.15, 0.2) is 4.52 Å². The number of hydrogen-bond donors (Lipinski definition) is 0. The minimum Gasteiger partial charge on any atom is -0.375 e. The van der Waals surface area contributed by atoms with E-state index in [1.807, 2.05) is 6.92 Å². The maximum absolute atomic E-state index is 12.3. The molecule has 22 heavy (non-hydrogen) atoms. The van der Waals surface area contributed by atoms with Gasteiger partial charge < -0.3 is 14.2 Å². The Morgan fingerprint density at radius 2 is 2.27 bits per heavy atom. The second kappa shape index (κ2) is 6.05. The van der Waals surface area contributed by atoms with Crippen molar-refractivity contribution in [1.29, 1.82) is 5.26 Å². The number of carbonyl (C=O) groups is 1. The van der Waals surface area contributed by atoms with Crippen molar-refractivity contribution < 1.29 is 14.1 Å². The van der Waals surface area contributed by atoms with E-state index in [1.165, 1.54) is 0 Å². The van der Waals surface area contributed by atoms with Gasteiger partial charge in [-0.05, 0) is 19.8 Å². The molecule has 2 aliphatic rings. The lowest BCUT2D eigenvalue weighted by Crippen LogP contribution is -2.45. The SMILES string of the molecule is C[C@@H]1CN(C(=O)Cc2noc(C3(C#N)CCCC3)n2)CCO1. The first-order valence-corrected chi connectivity index (χ1v) is 7.77. The second-order valence-corrected chi connectivity index (χ2v) is 6.11. The molecule has 1 amide bonds. The fourth-order valence-corrected chi connectivity index (χ4v) is 3.16. The molecular formula is C15H20N4O3. The summed E-state index contributed by atoms with van der Waals surface area (Å²) < 4.78 is 10.7. The van der Waals surface area contributed by atoms with Crippen LogP contribution < -0.4 is 0 Å². The van der Waals surface area contributed by atoms with E-state index in [0.29, 0.717) is 31.4 Å². The summed E-state index contributed by atoms with van der Waals surface area (Å²) >= 11 is 0. The molecule has 0 bridgehead atoms. The third-order valence-corrected chi connectivity index (χ3v) is 4.45. The van der Waals surface area contributed by atoms with Crippen molar-refractivity contribution in [2.45, 2.75) is 50.5 Å². The third-order valence-electron chi connectivity index (χ3n) is 4.45. The van der Waals surface area contributed by atoms with Crippen molar-refractivity contribution in [3.63, 3.8) is 0 Å². The summed E-state index contributed by atoms with van der Waals surface area (Å²) in [5.41, 5.74) is -0.651. The van der Waals surface area contributed by atoms with Gasteiger partial charge in [-0.2, -0.15) is 10.2 Å². The number of nitriles is 1. The van der Waals surface area contributed by atoms with Crippen LogP contribution in [0, 0.1) is 11.3 Å². The molecule has 7 nitrogen and oxygen atoms in total. The molecule has 0 radical (unpaired) electrons. The molecule has 0 unspecified atom stereocenters. The van der Waals surface area contributed by atoms with E-state index in [4.69, 9.17) is 9.26 Å². The maximum Gasteiger partial charge on any atom is 0.247 e. The van der Waals surface area contributed by atoms with Crippen LogP contribution in [-0.2, 0) is 21.4 Å². The standard InChI is InChI=1S/C15H20N4O3/c1-11-9-19(6-7-21-11)13(20)8-12-17-14(22-18-12)15(10-16)4-2-3-5-15/h11H,2-9H2,1H3/t11-/m1/s1. The van der Waals surface area contributed by atoms with Crippen molar-refractivity contribution in [1.82, 2.24) is 15.0 Å². The average Bonchev–Trinajstić information content (AvgIpc) is 3.16. The van der Waals surface area contributed by atoms with E-state index in [-0.39, 0.29) is 18.4 Å². The number of ether oxygens (including phenoxy) is 1. The number of hydrogen-bond acceptors (Lipinski definition) is 6. The predicted molar refractivity (Wildman–Crippen MR) is 75.8 cm³/mol. The molecule has 2 heterocycles. The van der Waals surface area contributed by atoms with E-state index >= 15 is 0 Å². The minimum atomic E-state index is -0.651. The van der Waals surface area contributed by atoms with E-state index in [9.17, 15) is 10.1 Å². The van der Waals surface area contributed by atoms with Crippen LogP contribution in [0.2, 0.25) is 0 Å². The molecular weight excluding hydrogens is 284 g/mol. The number of amides is 1. The van der Waals surface area contributed by atoms with E-state index in [2.05, 4.69) is 16.2 Å². The molecule has 1 aromatic rings. The molecule has 0 aromatic carbocycles. The van der Waals surface area contributed by atoms with Gasteiger partial charge in [-0.15, -0.1) is 0 Å². The van der Waals surface area contributed by atoms with Gasteiger partial charge in [0.2, 0.25) is 11.8 Å². The van der Waals surface area contributed by atoms with Gasteiger partial charge in [0, 0.05) is 13.1 Å². The highest BCUT2D eigenvalue weighted by atomic mass is 16.5. The second-order valence-electron chi connectivity index (χ2n) is 6.11. The topological polar surface area (TPSA) is 92.2 Å². The van der Waals surface area contributed by atoms with Crippen LogP contribution in [-0.4, -0.2) is 46.7 Å². The molecule has 3 rings (SSSR count). The fraction of sp³-hybridized carbons (Fsp3) is 0.733. The zero-order valence-corrected chi connectivity index (χ0v) is 12.7. The summed E-state index contributed by atoms with van der Waals surface area (Å²) in [6, 6.07) is 2.32. The van der Waals surface area contributed by atoms with Gasteiger partial charge in [-0.25, -0.2) is 0 Å². The molecule has 1 atom stereocenters. The highest BCUT2D eigenvalue weighted by Crippen LogP contribution is 2.39. The highest BCUT2D eigenvalue weighted by molar-refractivity contribution is 5.78. The zero-order chi connectivity index (χ0) is 15.6. The van der Waals surface area contributed by atoms with Gasteiger partial charge in [0.1, 0.15) is 5.41 Å². The number of carbonyl (C=O) groups excluding carboxylic acids is 1. The molecule has 0 N–H and O–H groups in total. The van der Waals surface area contributed by atoms with Crippen LogP contribution >= 0.6 is 0 Å². The fourth-order valence-electron chi connectivity index (χ4n) is 3.16. The smallest absolute Gasteiger partial charge is 0.247 e. The molecule has 7 heteroatoms. The Morgan fingerprint density at radius 1 is 1.50 bits per heavy atom. The van der Waals surface area contributed by atoms with Crippen LogP contribution in [0.4, 0.5) is 0 Å². The Kier molecular flexibility index (Phi) is 4.12. The lowest BCUT2D eigenvalue weighted by Gasteiger charge is -2.30. The monoisotopic (exact) mass is 304 g/mol. The predicted octanol–water partition coefficient (Wildman–Crippen LogP) is 1.19. The maximum atomic E-state index is 12.3. The first-order valence-electron chi connectivity index (χ1n) is 7.77. The number of aromatic nitrogens is 2. The van der Waals surface area contributed by atoms with Gasteiger partial charge in [-0.3, -0.25) is 4.79 Å². The van der Waals surface area contributed by atoms with Crippen molar-refractivity contribution in [2.24, 2.45) is 0 Å². The van der Waals surface area contributed by atoms with Crippen LogP contribution in [0.25, 0.3) is 0 Å². The molecule has 0 spiro atoms. The Morgan fingerprint density at radius 3 is 2.95 bits per heavy atom. The Hall–Kier alpha value is -1.94. The Balaban J connectivity index is 1.67. The lowest BCUT2D eigenvalue weighted by molar-refractivity contribution is -0.137. The molecule has 1 aliphatic carbocycles. The number of nitrogens with zero attached hydrogens (tertiary/aromatic N) is 4. The number of rotatable bonds is 3. The van der Waals surface area contributed by atoms with Crippen molar-refractivity contribution in [3.05, 3.63) is 11.7 Å². The van der Waals surface area contributed by atoms with Crippen molar-refractivity contribution >= 4 is 5.91 Å². The molecule has 1 saturated carbocycles. The normalized spacial score (nSPS) is 24.2. The Bertz CT molecular complexity index is 586. The quantitative estimate of drug-likeness (QED) is 0.833. The van der Waals surface area contributed by atoms with Crippen LogP contribution in [0.5, 0.6) is 0 Å². The molecule has 1 saturated heterocycles. The zero-order valence-electron chi connectivity index (χ0n) is 12.7. The van der Waals surface area contributed by atoms with E-state index < -0.39 is 5.41 Å². The van der Waals surface area contributed by atoms with Gasteiger partial charge in [0.15, 0.2) is 5.82 Å². The highest BCUT2D eigenvalue weighted by Gasteiger charge is 2.41. The van der Waals surface area contributed by atoms with Crippen molar-refractivity contribution in [2.75, 3.05) is 19.7 Å². The van der Waals surface area contributed by atoms with Gasteiger partial charge in [0.05, 0.1) is 25.2 Å². The van der Waals surface area contributed by atoms with Gasteiger partial charge in [0.25, 0.3) is 0 Å². The summed E-state index contributed by atoms with van der Waals surface area (Å²) in [4.78, 5) is 18.4. The van der Waals surface area contributed by atoms with E-state index in [1.54, 1.807) is 4.90 Å². The largest absolute Gasteiger partial charge is 0.375 e. The molecule has 118 valence electrons. The lowest BCUT2D eigenvalue weighted by atomic mass is 9.88. The van der Waals surface area contributed by atoms with Crippen LogP contribution in [0.3, 0.4) is 0 Å². The first kappa shape index (κ1) is 15.0. The molecule has 1 aromatic heterocycles. The summed E-state index contributed by atoms with van der Waals surface area (Å²) in [6.45, 7) is 3.69. The van der Waals surface area contributed by atoms with Crippen LogP contribution in [0.1, 0.15) is 44.3 Å². The van der Waals surface area contributed by atoms with Gasteiger partial charge >= 0.3 is 0 Å². The minimum absolute atomic E-state index is 0.0278.